The molecule has 30 heavy (non-hydrogen) atoms. The zero-order valence-electron chi connectivity index (χ0n) is 17.2. The Bertz CT molecular complexity index is 912. The molecule has 2 aromatic rings. The van der Waals surface area contributed by atoms with Crippen LogP contribution in [0.15, 0.2) is 48.5 Å². The highest BCUT2D eigenvalue weighted by Gasteiger charge is 2.23. The number of ether oxygens (including phenoxy) is 1. The monoisotopic (exact) mass is 429 g/mol. The van der Waals surface area contributed by atoms with E-state index in [9.17, 15) is 9.90 Å². The van der Waals surface area contributed by atoms with Gasteiger partial charge >= 0.3 is 6.09 Å². The minimum Gasteiger partial charge on any atom is -0.508 e. The molecule has 1 amide bonds. The first-order valence-electron chi connectivity index (χ1n) is 10.4. The molecule has 1 aliphatic heterocycles. The number of nitrogens with zero attached hydrogens (tertiary/aromatic N) is 1. The number of carboxylic acid groups (broad SMARTS) is 1. The topological polar surface area (TPSA) is 70.0 Å². The van der Waals surface area contributed by atoms with Crippen molar-refractivity contribution >= 4 is 23.5 Å². The van der Waals surface area contributed by atoms with Gasteiger partial charge in [-0.2, -0.15) is 0 Å². The van der Waals surface area contributed by atoms with Crippen molar-refractivity contribution in [2.24, 2.45) is 0 Å². The Kier molecular flexibility index (Phi) is 7.77. The second-order valence-corrected chi connectivity index (χ2v) is 7.87. The zero-order valence-corrected chi connectivity index (χ0v) is 17.9. The van der Waals surface area contributed by atoms with Crippen LogP contribution in [-0.2, 0) is 11.2 Å². The second kappa shape index (κ2) is 10.5. The molecule has 2 N–H and O–H groups in total. The smallest absolute Gasteiger partial charge is 0.407 e. The first kappa shape index (κ1) is 22.2. The highest BCUT2D eigenvalue weighted by molar-refractivity contribution is 6.33. The number of halogens is 1. The molecular weight excluding hydrogens is 402 g/mol. The van der Waals surface area contributed by atoms with Gasteiger partial charge in [-0.15, -0.1) is 0 Å². The first-order chi connectivity index (χ1) is 14.5. The number of carbonyl (C=O) groups is 1. The van der Waals surface area contributed by atoms with Crippen LogP contribution in [0, 0.1) is 0 Å². The highest BCUT2D eigenvalue weighted by atomic mass is 35.5. The molecule has 0 saturated carbocycles. The van der Waals surface area contributed by atoms with E-state index in [0.717, 1.165) is 30.4 Å². The summed E-state index contributed by atoms with van der Waals surface area (Å²) in [5.74, 6) is 0.200. The Balaban J connectivity index is 1.68. The average molecular weight is 430 g/mol. The minimum absolute atomic E-state index is 0.0936. The van der Waals surface area contributed by atoms with Crippen LogP contribution >= 0.6 is 11.6 Å². The average Bonchev–Trinajstić information content (AvgIpc) is 2.76. The maximum atomic E-state index is 11.1. The molecule has 1 fully saturated rings. The minimum atomic E-state index is -0.901. The van der Waals surface area contributed by atoms with Crippen molar-refractivity contribution in [2.75, 3.05) is 19.7 Å². The van der Waals surface area contributed by atoms with E-state index in [1.807, 2.05) is 30.3 Å². The number of aliphatic hydroxyl groups excluding tert-OH is 1. The van der Waals surface area contributed by atoms with Crippen molar-refractivity contribution in [1.29, 1.82) is 0 Å². The molecule has 160 valence electrons. The van der Waals surface area contributed by atoms with Gasteiger partial charge in [0.05, 0.1) is 19.3 Å². The maximum absolute atomic E-state index is 11.1. The molecule has 0 spiro atoms. The summed E-state index contributed by atoms with van der Waals surface area (Å²) in [6, 6.07) is 13.7. The second-order valence-electron chi connectivity index (χ2n) is 7.46. The van der Waals surface area contributed by atoms with Crippen molar-refractivity contribution in [3.05, 3.63) is 64.7 Å². The lowest BCUT2D eigenvalue weighted by atomic mass is 9.96. The quantitative estimate of drug-likeness (QED) is 0.417. The zero-order chi connectivity index (χ0) is 21.5. The fourth-order valence-electron chi connectivity index (χ4n) is 3.74. The summed E-state index contributed by atoms with van der Waals surface area (Å²) in [6.07, 6.45) is 3.94. The van der Waals surface area contributed by atoms with Gasteiger partial charge in [0.1, 0.15) is 5.76 Å². The van der Waals surface area contributed by atoms with Crippen molar-refractivity contribution in [3.8, 4) is 11.1 Å². The molecule has 1 heterocycles. The normalized spacial score (nSPS) is 17.2. The standard InChI is InChI=1S/C24H28ClNO4/c1-2-17-7-5-8-18(15-17)23-20(10-6-11-21(23)25)22(27)12-4-3-9-19-16-26(24(28)29)13-14-30-19/h5-8,10-12,15,19,27H,2-4,9,13-14,16H2,1H3,(H,28,29). The van der Waals surface area contributed by atoms with Gasteiger partial charge in [-0.25, -0.2) is 4.79 Å². The summed E-state index contributed by atoms with van der Waals surface area (Å²) in [6.45, 7) is 3.36. The lowest BCUT2D eigenvalue weighted by Gasteiger charge is -2.30. The molecular formula is C24H28ClNO4. The van der Waals surface area contributed by atoms with Crippen LogP contribution in [0.25, 0.3) is 16.9 Å². The number of hydrogen-bond donors (Lipinski definition) is 2. The Morgan fingerprint density at radius 3 is 2.83 bits per heavy atom. The van der Waals surface area contributed by atoms with E-state index in [2.05, 4.69) is 19.1 Å². The molecule has 0 aliphatic carbocycles. The lowest BCUT2D eigenvalue weighted by molar-refractivity contribution is -0.0259. The number of amides is 1. The molecule has 5 nitrogen and oxygen atoms in total. The number of unbranched alkanes of at least 4 members (excludes halogenated alkanes) is 1. The van der Waals surface area contributed by atoms with Crippen molar-refractivity contribution in [2.45, 2.75) is 38.7 Å². The van der Waals surface area contributed by atoms with Crippen molar-refractivity contribution in [1.82, 2.24) is 4.90 Å². The van der Waals surface area contributed by atoms with Crippen LogP contribution in [0.1, 0.15) is 37.3 Å². The van der Waals surface area contributed by atoms with E-state index in [-0.39, 0.29) is 11.9 Å². The fourth-order valence-corrected chi connectivity index (χ4v) is 4.02. The van der Waals surface area contributed by atoms with Gasteiger partial charge in [-0.05, 0) is 49.0 Å². The van der Waals surface area contributed by atoms with Gasteiger partial charge in [0.25, 0.3) is 0 Å². The molecule has 1 atom stereocenters. The Hall–Kier alpha value is -2.50. The van der Waals surface area contributed by atoms with Gasteiger partial charge in [-0.1, -0.05) is 54.9 Å². The van der Waals surface area contributed by atoms with Crippen LogP contribution in [-0.4, -0.2) is 47.0 Å². The molecule has 0 aromatic heterocycles. The number of benzene rings is 2. The van der Waals surface area contributed by atoms with E-state index in [4.69, 9.17) is 21.4 Å². The number of aryl methyl sites for hydroxylation is 1. The number of aliphatic hydroxyl groups is 1. The molecule has 6 heteroatoms. The largest absolute Gasteiger partial charge is 0.508 e. The molecule has 1 aliphatic rings. The van der Waals surface area contributed by atoms with Gasteiger partial charge in [0.15, 0.2) is 0 Å². The van der Waals surface area contributed by atoms with E-state index in [1.165, 1.54) is 10.5 Å². The summed E-state index contributed by atoms with van der Waals surface area (Å²) in [5.41, 5.74) is 3.74. The van der Waals surface area contributed by atoms with Crippen LogP contribution in [0.4, 0.5) is 4.79 Å². The Morgan fingerprint density at radius 1 is 1.27 bits per heavy atom. The van der Waals surface area contributed by atoms with Crippen LogP contribution in [0.3, 0.4) is 0 Å². The molecule has 3 rings (SSSR count). The third kappa shape index (κ3) is 5.55. The highest BCUT2D eigenvalue weighted by Crippen LogP contribution is 2.35. The SMILES string of the molecule is CCc1cccc(-c2c(Cl)cccc2C(O)=CCCCC2CN(C(=O)O)CCO2)c1. The van der Waals surface area contributed by atoms with Crippen molar-refractivity contribution < 1.29 is 19.7 Å². The van der Waals surface area contributed by atoms with Gasteiger partial charge in [-0.3, -0.25) is 0 Å². The van der Waals surface area contributed by atoms with Crippen LogP contribution < -0.4 is 0 Å². The third-order valence-electron chi connectivity index (χ3n) is 5.39. The van der Waals surface area contributed by atoms with E-state index >= 15 is 0 Å². The summed E-state index contributed by atoms with van der Waals surface area (Å²) < 4.78 is 5.66. The summed E-state index contributed by atoms with van der Waals surface area (Å²) in [7, 11) is 0. The summed E-state index contributed by atoms with van der Waals surface area (Å²) >= 11 is 6.50. The van der Waals surface area contributed by atoms with Crippen LogP contribution in [0.5, 0.6) is 0 Å². The van der Waals surface area contributed by atoms with E-state index in [1.54, 1.807) is 6.08 Å². The maximum Gasteiger partial charge on any atom is 0.407 e. The van der Waals surface area contributed by atoms with Gasteiger partial charge < -0.3 is 19.8 Å². The van der Waals surface area contributed by atoms with E-state index in [0.29, 0.717) is 36.7 Å². The van der Waals surface area contributed by atoms with Gasteiger partial charge in [0.2, 0.25) is 0 Å². The van der Waals surface area contributed by atoms with Crippen molar-refractivity contribution in [3.63, 3.8) is 0 Å². The molecule has 0 bridgehead atoms. The number of hydrogen-bond acceptors (Lipinski definition) is 3. The fraction of sp³-hybridized carbons (Fsp3) is 0.375. The summed E-state index contributed by atoms with van der Waals surface area (Å²) in [4.78, 5) is 12.5. The molecule has 1 unspecified atom stereocenters. The summed E-state index contributed by atoms with van der Waals surface area (Å²) in [5, 5.41) is 20.5. The first-order valence-corrected chi connectivity index (χ1v) is 10.7. The van der Waals surface area contributed by atoms with Gasteiger partial charge in [0, 0.05) is 22.7 Å². The third-order valence-corrected chi connectivity index (χ3v) is 5.71. The number of rotatable bonds is 7. The molecule has 0 radical (unpaired) electrons. The van der Waals surface area contributed by atoms with Crippen LogP contribution in [0.2, 0.25) is 5.02 Å². The number of morpholine rings is 1. The van der Waals surface area contributed by atoms with E-state index < -0.39 is 6.09 Å². The predicted octanol–water partition coefficient (Wildman–Crippen LogP) is 6.02. The lowest BCUT2D eigenvalue weighted by Crippen LogP contribution is -2.44. The Labute approximate surface area is 182 Å². The predicted molar refractivity (Wildman–Crippen MR) is 120 cm³/mol. The Morgan fingerprint density at radius 2 is 2.07 bits per heavy atom. The molecule has 2 aromatic carbocycles. The molecule has 1 saturated heterocycles. The number of allylic oxidation sites excluding steroid dienone is 1.